The molecular formula is C15H9BrF3N. The zero-order valence-corrected chi connectivity index (χ0v) is 11.7. The second-order valence-corrected chi connectivity index (χ2v) is 5.41. The quantitative estimate of drug-likeness (QED) is 0.592. The minimum atomic E-state index is -4.32. The van der Waals surface area contributed by atoms with Crippen molar-refractivity contribution in [1.29, 1.82) is 0 Å². The van der Waals surface area contributed by atoms with Crippen molar-refractivity contribution in [1.82, 2.24) is 4.98 Å². The molecule has 3 rings (SSSR count). The van der Waals surface area contributed by atoms with Crippen LogP contribution in [0.5, 0.6) is 0 Å². The molecule has 0 saturated heterocycles. The largest absolute Gasteiger partial charge is 0.416 e. The lowest BCUT2D eigenvalue weighted by molar-refractivity contribution is -0.137. The lowest BCUT2D eigenvalue weighted by atomic mass is 10.1. The molecule has 0 aliphatic carbocycles. The van der Waals surface area contributed by atoms with Gasteiger partial charge in [0.25, 0.3) is 0 Å². The van der Waals surface area contributed by atoms with Crippen LogP contribution in [0.2, 0.25) is 0 Å². The van der Waals surface area contributed by atoms with E-state index in [1.54, 1.807) is 0 Å². The normalized spacial score (nSPS) is 12.0. The predicted octanol–water partition coefficient (Wildman–Crippen LogP) is 5.62. The molecule has 0 aliphatic rings. The fourth-order valence-corrected chi connectivity index (χ4v) is 2.51. The van der Waals surface area contributed by atoms with E-state index in [0.717, 1.165) is 33.2 Å². The molecule has 2 aromatic carbocycles. The molecule has 0 bridgehead atoms. The van der Waals surface area contributed by atoms with Crippen molar-refractivity contribution in [2.45, 2.75) is 6.18 Å². The molecule has 0 atom stereocenters. The fraction of sp³-hybridized carbons (Fsp3) is 0.0667. The van der Waals surface area contributed by atoms with Crippen molar-refractivity contribution in [3.8, 4) is 11.3 Å². The van der Waals surface area contributed by atoms with Crippen LogP contribution in [-0.2, 0) is 6.18 Å². The van der Waals surface area contributed by atoms with Crippen LogP contribution in [0.1, 0.15) is 5.56 Å². The minimum Gasteiger partial charge on any atom is -0.355 e. The lowest BCUT2D eigenvalue weighted by Gasteiger charge is -2.05. The number of aromatic amines is 1. The van der Waals surface area contributed by atoms with Gasteiger partial charge in [-0.2, -0.15) is 13.2 Å². The van der Waals surface area contributed by atoms with E-state index >= 15 is 0 Å². The third-order valence-electron chi connectivity index (χ3n) is 3.09. The van der Waals surface area contributed by atoms with Gasteiger partial charge in [0.15, 0.2) is 0 Å². The highest BCUT2D eigenvalue weighted by Crippen LogP contribution is 2.33. The van der Waals surface area contributed by atoms with Gasteiger partial charge < -0.3 is 4.98 Å². The van der Waals surface area contributed by atoms with Crippen molar-refractivity contribution in [2.75, 3.05) is 0 Å². The summed E-state index contributed by atoms with van der Waals surface area (Å²) >= 11 is 3.38. The van der Waals surface area contributed by atoms with Crippen molar-refractivity contribution in [2.24, 2.45) is 0 Å². The smallest absolute Gasteiger partial charge is 0.355 e. The zero-order chi connectivity index (χ0) is 14.3. The number of benzene rings is 2. The van der Waals surface area contributed by atoms with E-state index in [-0.39, 0.29) is 0 Å². The second kappa shape index (κ2) is 4.66. The maximum Gasteiger partial charge on any atom is 0.416 e. The molecule has 0 saturated carbocycles. The molecule has 102 valence electrons. The molecule has 0 spiro atoms. The van der Waals surface area contributed by atoms with Gasteiger partial charge in [0.1, 0.15) is 0 Å². The standard InChI is InChI=1S/C15H9BrF3N/c16-12-3-1-2-9(6-12)13-7-10-4-5-11(15(17,18)19)8-14(10)20-13/h1-8,20H. The molecule has 0 aliphatic heterocycles. The van der Waals surface area contributed by atoms with Crippen LogP contribution in [0.25, 0.3) is 22.2 Å². The summed E-state index contributed by atoms with van der Waals surface area (Å²) in [5, 5.41) is 0.757. The summed E-state index contributed by atoms with van der Waals surface area (Å²) in [5.74, 6) is 0. The van der Waals surface area contributed by atoms with Crippen LogP contribution in [0.15, 0.2) is 53.0 Å². The van der Waals surface area contributed by atoms with Crippen LogP contribution in [0.4, 0.5) is 13.2 Å². The van der Waals surface area contributed by atoms with Crippen molar-refractivity contribution < 1.29 is 13.2 Å². The van der Waals surface area contributed by atoms with Gasteiger partial charge >= 0.3 is 6.18 Å². The Hall–Kier alpha value is -1.75. The Morgan fingerprint density at radius 1 is 0.950 bits per heavy atom. The molecule has 0 amide bonds. The van der Waals surface area contributed by atoms with Crippen molar-refractivity contribution >= 4 is 26.8 Å². The summed E-state index contributed by atoms with van der Waals surface area (Å²) < 4.78 is 39.0. The Labute approximate surface area is 121 Å². The van der Waals surface area contributed by atoms with E-state index in [1.807, 2.05) is 30.3 Å². The highest BCUT2D eigenvalue weighted by molar-refractivity contribution is 9.10. The average Bonchev–Trinajstić information content (AvgIpc) is 2.80. The van der Waals surface area contributed by atoms with Gasteiger partial charge in [0, 0.05) is 21.1 Å². The molecule has 1 aromatic heterocycles. The molecule has 1 nitrogen and oxygen atoms in total. The van der Waals surface area contributed by atoms with Gasteiger partial charge in [0.2, 0.25) is 0 Å². The Bertz CT molecular complexity index is 774. The number of H-pyrrole nitrogens is 1. The maximum absolute atomic E-state index is 12.7. The summed E-state index contributed by atoms with van der Waals surface area (Å²) in [7, 11) is 0. The van der Waals surface area contributed by atoms with Crippen LogP contribution >= 0.6 is 15.9 Å². The molecule has 5 heteroatoms. The van der Waals surface area contributed by atoms with Gasteiger partial charge in [-0.25, -0.2) is 0 Å². The van der Waals surface area contributed by atoms with E-state index in [4.69, 9.17) is 0 Å². The number of hydrogen-bond acceptors (Lipinski definition) is 0. The number of aromatic nitrogens is 1. The highest BCUT2D eigenvalue weighted by atomic mass is 79.9. The van der Waals surface area contributed by atoms with Gasteiger partial charge in [0.05, 0.1) is 5.56 Å². The maximum atomic E-state index is 12.7. The Balaban J connectivity index is 2.11. The Morgan fingerprint density at radius 2 is 1.75 bits per heavy atom. The number of alkyl halides is 3. The SMILES string of the molecule is FC(F)(F)c1ccc2cc(-c3cccc(Br)c3)[nH]c2c1. The summed E-state index contributed by atoms with van der Waals surface area (Å²) in [5.41, 5.74) is 1.55. The summed E-state index contributed by atoms with van der Waals surface area (Å²) in [4.78, 5) is 3.03. The van der Waals surface area contributed by atoms with Gasteiger partial charge in [-0.1, -0.05) is 34.1 Å². The first-order valence-electron chi connectivity index (χ1n) is 5.89. The molecule has 1 heterocycles. The van der Waals surface area contributed by atoms with Gasteiger partial charge in [-0.05, 0) is 35.9 Å². The van der Waals surface area contributed by atoms with E-state index in [0.29, 0.717) is 5.52 Å². The van der Waals surface area contributed by atoms with Crippen LogP contribution < -0.4 is 0 Å². The molecule has 0 radical (unpaired) electrons. The van der Waals surface area contributed by atoms with Crippen LogP contribution in [-0.4, -0.2) is 4.98 Å². The van der Waals surface area contributed by atoms with E-state index in [1.165, 1.54) is 6.07 Å². The predicted molar refractivity (Wildman–Crippen MR) is 76.4 cm³/mol. The Kier molecular flexibility index (Phi) is 3.09. The Morgan fingerprint density at radius 3 is 2.45 bits per heavy atom. The lowest BCUT2D eigenvalue weighted by Crippen LogP contribution is -2.03. The zero-order valence-electron chi connectivity index (χ0n) is 10.1. The van der Waals surface area contributed by atoms with Crippen LogP contribution in [0, 0.1) is 0 Å². The summed E-state index contributed by atoms with van der Waals surface area (Å²) in [6, 6.07) is 13.2. The molecule has 1 N–H and O–H groups in total. The van der Waals surface area contributed by atoms with E-state index in [9.17, 15) is 13.2 Å². The topological polar surface area (TPSA) is 15.8 Å². The summed E-state index contributed by atoms with van der Waals surface area (Å²) in [6.07, 6.45) is -4.32. The first-order chi connectivity index (χ1) is 9.43. The number of nitrogens with one attached hydrogen (secondary N) is 1. The van der Waals surface area contributed by atoms with E-state index < -0.39 is 11.7 Å². The first kappa shape index (κ1) is 13.2. The first-order valence-corrected chi connectivity index (χ1v) is 6.69. The monoisotopic (exact) mass is 339 g/mol. The average molecular weight is 340 g/mol. The van der Waals surface area contributed by atoms with Gasteiger partial charge in [-0.15, -0.1) is 0 Å². The highest BCUT2D eigenvalue weighted by Gasteiger charge is 2.30. The second-order valence-electron chi connectivity index (χ2n) is 4.49. The van der Waals surface area contributed by atoms with Crippen LogP contribution in [0.3, 0.4) is 0 Å². The molecule has 3 aromatic rings. The third kappa shape index (κ3) is 2.45. The van der Waals surface area contributed by atoms with Crippen molar-refractivity contribution in [3.05, 3.63) is 58.6 Å². The third-order valence-corrected chi connectivity index (χ3v) is 3.58. The molecular weight excluding hydrogens is 331 g/mol. The number of hydrogen-bond donors (Lipinski definition) is 1. The molecule has 0 unspecified atom stereocenters. The van der Waals surface area contributed by atoms with Gasteiger partial charge in [-0.3, -0.25) is 0 Å². The van der Waals surface area contributed by atoms with E-state index in [2.05, 4.69) is 20.9 Å². The molecule has 0 fully saturated rings. The van der Waals surface area contributed by atoms with Crippen molar-refractivity contribution in [3.63, 3.8) is 0 Å². The number of halogens is 4. The number of fused-ring (bicyclic) bond motifs is 1. The fourth-order valence-electron chi connectivity index (χ4n) is 2.11. The minimum absolute atomic E-state index is 0.481. The number of rotatable bonds is 1. The summed E-state index contributed by atoms with van der Waals surface area (Å²) in [6.45, 7) is 0. The molecule has 20 heavy (non-hydrogen) atoms.